The van der Waals surface area contributed by atoms with Crippen molar-refractivity contribution in [2.75, 3.05) is 19.8 Å². The zero-order valence-corrected chi connectivity index (χ0v) is 11.4. The molecule has 0 aliphatic rings. The highest BCUT2D eigenvalue weighted by Gasteiger charge is 2.06. The molecule has 5 heteroatoms. The summed E-state index contributed by atoms with van der Waals surface area (Å²) < 4.78 is 6.22. The van der Waals surface area contributed by atoms with Crippen molar-refractivity contribution in [1.82, 2.24) is 5.32 Å². The van der Waals surface area contributed by atoms with E-state index in [1.807, 2.05) is 18.2 Å². The lowest BCUT2D eigenvalue weighted by Gasteiger charge is -2.12. The summed E-state index contributed by atoms with van der Waals surface area (Å²) in [5.74, 6) is 0.665. The lowest BCUT2D eigenvalue weighted by atomic mass is 10.2. The van der Waals surface area contributed by atoms with Crippen LogP contribution in [0.2, 0.25) is 0 Å². The van der Waals surface area contributed by atoms with Gasteiger partial charge in [-0.25, -0.2) is 0 Å². The maximum Gasteiger partial charge on any atom is 0.133 e. The van der Waals surface area contributed by atoms with Crippen LogP contribution in [0, 0.1) is 0 Å². The van der Waals surface area contributed by atoms with Gasteiger partial charge >= 0.3 is 0 Å². The predicted molar refractivity (Wildman–Crippen MR) is 70.1 cm³/mol. The predicted octanol–water partition coefficient (Wildman–Crippen LogP) is 1.29. The summed E-state index contributed by atoms with van der Waals surface area (Å²) in [6.45, 7) is 3.59. The number of rotatable bonds is 7. The number of aliphatic hydroxyl groups is 2. The van der Waals surface area contributed by atoms with Crippen molar-refractivity contribution in [3.63, 3.8) is 0 Å². The molecule has 0 aliphatic carbocycles. The van der Waals surface area contributed by atoms with Gasteiger partial charge < -0.3 is 20.3 Å². The highest BCUT2D eigenvalue weighted by molar-refractivity contribution is 9.10. The van der Waals surface area contributed by atoms with Crippen molar-refractivity contribution >= 4 is 15.9 Å². The summed E-state index contributed by atoms with van der Waals surface area (Å²) >= 11 is 3.41. The smallest absolute Gasteiger partial charge is 0.133 e. The van der Waals surface area contributed by atoms with Crippen LogP contribution in [-0.4, -0.2) is 36.1 Å². The Kier molecular flexibility index (Phi) is 6.50. The first kappa shape index (κ1) is 14.4. The molecule has 0 heterocycles. The summed E-state index contributed by atoms with van der Waals surface area (Å²) in [7, 11) is 0. The molecule has 0 amide bonds. The van der Waals surface area contributed by atoms with Gasteiger partial charge in [0.25, 0.3) is 0 Å². The van der Waals surface area contributed by atoms with Gasteiger partial charge in [-0.2, -0.15) is 0 Å². The van der Waals surface area contributed by atoms with E-state index in [4.69, 9.17) is 9.84 Å². The standard InChI is InChI=1S/C12H18BrNO3/c1-2-14-6-9-3-4-12(11(13)5-9)17-8-10(16)7-15/h3-5,10,14-16H,2,6-8H2,1H3. The maximum atomic E-state index is 9.18. The molecule has 0 spiro atoms. The number of halogens is 1. The van der Waals surface area contributed by atoms with Crippen LogP contribution in [0.15, 0.2) is 22.7 Å². The molecule has 1 atom stereocenters. The fraction of sp³-hybridized carbons (Fsp3) is 0.500. The van der Waals surface area contributed by atoms with Gasteiger partial charge in [-0.15, -0.1) is 0 Å². The van der Waals surface area contributed by atoms with E-state index in [2.05, 4.69) is 28.2 Å². The van der Waals surface area contributed by atoms with Crippen LogP contribution in [0.4, 0.5) is 0 Å². The molecule has 1 aromatic carbocycles. The number of hydrogen-bond acceptors (Lipinski definition) is 4. The molecule has 0 aromatic heterocycles. The number of hydrogen-bond donors (Lipinski definition) is 3. The first-order valence-electron chi connectivity index (χ1n) is 5.58. The van der Waals surface area contributed by atoms with E-state index in [-0.39, 0.29) is 13.2 Å². The zero-order chi connectivity index (χ0) is 12.7. The first-order valence-corrected chi connectivity index (χ1v) is 6.37. The Hall–Kier alpha value is -0.620. The van der Waals surface area contributed by atoms with Crippen LogP contribution < -0.4 is 10.1 Å². The van der Waals surface area contributed by atoms with Crippen LogP contribution >= 0.6 is 15.9 Å². The summed E-state index contributed by atoms with van der Waals surface area (Å²) in [6.07, 6.45) is -0.844. The molecule has 0 saturated carbocycles. The fourth-order valence-electron chi connectivity index (χ4n) is 1.28. The third-order valence-corrected chi connectivity index (χ3v) is 2.84. The Morgan fingerprint density at radius 3 is 2.82 bits per heavy atom. The molecule has 0 saturated heterocycles. The minimum Gasteiger partial charge on any atom is -0.490 e. The van der Waals surface area contributed by atoms with Gasteiger partial charge in [-0.1, -0.05) is 13.0 Å². The molecule has 4 nitrogen and oxygen atoms in total. The number of aliphatic hydroxyl groups excluding tert-OH is 2. The number of nitrogens with one attached hydrogen (secondary N) is 1. The summed E-state index contributed by atoms with van der Waals surface area (Å²) in [5, 5.41) is 21.1. The van der Waals surface area contributed by atoms with Crippen LogP contribution in [-0.2, 0) is 6.54 Å². The van der Waals surface area contributed by atoms with Crippen molar-refractivity contribution in [3.05, 3.63) is 28.2 Å². The molecule has 1 unspecified atom stereocenters. The van der Waals surface area contributed by atoms with E-state index < -0.39 is 6.10 Å². The van der Waals surface area contributed by atoms with Gasteiger partial charge in [0.15, 0.2) is 0 Å². The van der Waals surface area contributed by atoms with Gasteiger partial charge in [-0.05, 0) is 40.2 Å². The quantitative estimate of drug-likeness (QED) is 0.710. The second-order valence-corrected chi connectivity index (χ2v) is 4.55. The molecular weight excluding hydrogens is 286 g/mol. The Morgan fingerprint density at radius 1 is 1.47 bits per heavy atom. The Bertz CT molecular complexity index is 347. The van der Waals surface area contributed by atoms with E-state index in [9.17, 15) is 5.11 Å². The summed E-state index contributed by atoms with van der Waals surface area (Å²) in [4.78, 5) is 0. The van der Waals surface area contributed by atoms with Crippen molar-refractivity contribution in [2.24, 2.45) is 0 Å². The van der Waals surface area contributed by atoms with Crippen LogP contribution in [0.1, 0.15) is 12.5 Å². The minimum atomic E-state index is -0.844. The molecule has 17 heavy (non-hydrogen) atoms. The van der Waals surface area contributed by atoms with Crippen molar-refractivity contribution in [1.29, 1.82) is 0 Å². The fourth-order valence-corrected chi connectivity index (χ4v) is 1.82. The molecule has 0 bridgehead atoms. The Morgan fingerprint density at radius 2 is 2.24 bits per heavy atom. The molecule has 1 aromatic rings. The number of ether oxygens (including phenoxy) is 1. The van der Waals surface area contributed by atoms with Crippen LogP contribution in [0.3, 0.4) is 0 Å². The average Bonchev–Trinajstić information content (AvgIpc) is 2.34. The lowest BCUT2D eigenvalue weighted by molar-refractivity contribution is 0.0533. The SMILES string of the molecule is CCNCc1ccc(OCC(O)CO)c(Br)c1. The van der Waals surface area contributed by atoms with Gasteiger partial charge in [0.05, 0.1) is 11.1 Å². The normalized spacial score (nSPS) is 12.5. The first-order chi connectivity index (χ1) is 8.17. The largest absolute Gasteiger partial charge is 0.490 e. The van der Waals surface area contributed by atoms with E-state index in [0.717, 1.165) is 23.1 Å². The molecular formula is C12H18BrNO3. The van der Waals surface area contributed by atoms with Crippen LogP contribution in [0.5, 0.6) is 5.75 Å². The Labute approximate surface area is 110 Å². The zero-order valence-electron chi connectivity index (χ0n) is 9.82. The maximum absolute atomic E-state index is 9.18. The van der Waals surface area contributed by atoms with E-state index in [1.165, 1.54) is 0 Å². The monoisotopic (exact) mass is 303 g/mol. The van der Waals surface area contributed by atoms with E-state index >= 15 is 0 Å². The summed E-state index contributed by atoms with van der Waals surface area (Å²) in [5.41, 5.74) is 1.16. The molecule has 0 fully saturated rings. The van der Waals surface area contributed by atoms with Gasteiger partial charge in [0.1, 0.15) is 18.5 Å². The minimum absolute atomic E-state index is 0.0850. The lowest BCUT2D eigenvalue weighted by Crippen LogP contribution is -2.21. The molecule has 0 radical (unpaired) electrons. The third kappa shape index (κ3) is 5.04. The second-order valence-electron chi connectivity index (χ2n) is 3.69. The third-order valence-electron chi connectivity index (χ3n) is 2.22. The molecule has 0 aliphatic heterocycles. The van der Waals surface area contributed by atoms with Gasteiger partial charge in [0, 0.05) is 6.54 Å². The summed E-state index contributed by atoms with van der Waals surface area (Å²) in [6, 6.07) is 5.79. The molecule has 96 valence electrons. The van der Waals surface area contributed by atoms with E-state index in [1.54, 1.807) is 0 Å². The van der Waals surface area contributed by atoms with Crippen molar-refractivity contribution < 1.29 is 14.9 Å². The van der Waals surface area contributed by atoms with E-state index in [0.29, 0.717) is 5.75 Å². The van der Waals surface area contributed by atoms with Crippen molar-refractivity contribution in [2.45, 2.75) is 19.6 Å². The topological polar surface area (TPSA) is 61.7 Å². The molecule has 3 N–H and O–H groups in total. The Balaban J connectivity index is 2.56. The van der Waals surface area contributed by atoms with Crippen LogP contribution in [0.25, 0.3) is 0 Å². The highest BCUT2D eigenvalue weighted by atomic mass is 79.9. The van der Waals surface area contributed by atoms with Crippen molar-refractivity contribution in [3.8, 4) is 5.75 Å². The second kappa shape index (κ2) is 7.66. The average molecular weight is 304 g/mol. The van der Waals surface area contributed by atoms with Gasteiger partial charge in [-0.3, -0.25) is 0 Å². The molecule has 1 rings (SSSR count). The highest BCUT2D eigenvalue weighted by Crippen LogP contribution is 2.26. The number of benzene rings is 1. The van der Waals surface area contributed by atoms with Gasteiger partial charge in [0.2, 0.25) is 0 Å².